The highest BCUT2D eigenvalue weighted by atomic mass is 35.5. The van der Waals surface area contributed by atoms with Gasteiger partial charge in [-0.15, -0.1) is 4.36 Å². The minimum absolute atomic E-state index is 0.0389. The Bertz CT molecular complexity index is 1820. The monoisotopic (exact) mass is 707 g/mol. The van der Waals surface area contributed by atoms with Gasteiger partial charge in [-0.25, -0.2) is 4.21 Å². The molecule has 6 aliphatic rings. The van der Waals surface area contributed by atoms with Gasteiger partial charge in [0, 0.05) is 42.1 Å². The SMILES string of the molecule is CO[C@H]1/C=C\C[C@H](C)CS(=O)(NC(=O)[C@]23COCC2C3)=NC(=O)c2ccc3c(c2)N(C[C@@H]2CC[C@H]21)C[C@@]1(CCCc2cc(Cl)ccc21)CO3. The second-order valence-corrected chi connectivity index (χ2v) is 17.9. The molecule has 8 atom stereocenters. The molecule has 1 N–H and O–H groups in total. The van der Waals surface area contributed by atoms with Crippen molar-refractivity contribution in [3.05, 3.63) is 70.3 Å². The van der Waals surface area contributed by atoms with Crippen molar-refractivity contribution in [2.45, 2.75) is 63.4 Å². The summed E-state index contributed by atoms with van der Waals surface area (Å²) in [5, 5.41) is 0.747. The molecule has 3 fully saturated rings. The van der Waals surface area contributed by atoms with Crippen molar-refractivity contribution in [1.29, 1.82) is 0 Å². The van der Waals surface area contributed by atoms with Crippen molar-refractivity contribution >= 4 is 39.0 Å². The number of benzene rings is 2. The highest BCUT2D eigenvalue weighted by molar-refractivity contribution is 7.92. The summed E-state index contributed by atoms with van der Waals surface area (Å²) in [5.41, 5.74) is 2.82. The first kappa shape index (κ1) is 33.2. The smallest absolute Gasteiger partial charge is 0.286 e. The Morgan fingerprint density at radius 3 is 2.82 bits per heavy atom. The minimum Gasteiger partial charge on any atom is -0.490 e. The van der Waals surface area contributed by atoms with E-state index in [9.17, 15) is 13.8 Å². The van der Waals surface area contributed by atoms with Gasteiger partial charge in [0.2, 0.25) is 5.91 Å². The lowest BCUT2D eigenvalue weighted by atomic mass is 9.68. The van der Waals surface area contributed by atoms with E-state index in [1.807, 2.05) is 25.1 Å². The molecule has 0 aromatic heterocycles. The predicted octanol–water partition coefficient (Wildman–Crippen LogP) is 6.13. The molecule has 262 valence electrons. The number of carbonyl (C=O) groups is 2. The van der Waals surface area contributed by atoms with Crippen molar-refractivity contribution in [1.82, 2.24) is 4.72 Å². The second-order valence-electron chi connectivity index (χ2n) is 15.5. The summed E-state index contributed by atoms with van der Waals surface area (Å²) in [6, 6.07) is 11.7. The minimum atomic E-state index is -3.44. The number of fused-ring (bicyclic) bond motifs is 5. The number of anilines is 1. The molecule has 8 rings (SSSR count). The Hall–Kier alpha value is -2.92. The number of rotatable bonds is 3. The molecule has 2 bridgehead atoms. The first-order valence-electron chi connectivity index (χ1n) is 17.8. The molecule has 2 saturated carbocycles. The van der Waals surface area contributed by atoms with E-state index in [0.717, 1.165) is 61.7 Å². The summed E-state index contributed by atoms with van der Waals surface area (Å²) in [5.74, 6) is 0.636. The van der Waals surface area contributed by atoms with Crippen LogP contribution in [0, 0.1) is 29.1 Å². The van der Waals surface area contributed by atoms with E-state index in [4.69, 9.17) is 25.8 Å². The molecule has 2 amide bonds. The molecule has 1 spiro atoms. The van der Waals surface area contributed by atoms with Crippen LogP contribution >= 0.6 is 11.6 Å². The number of ether oxygens (including phenoxy) is 3. The van der Waals surface area contributed by atoms with Gasteiger partial charge in [0.1, 0.15) is 15.7 Å². The van der Waals surface area contributed by atoms with E-state index in [-0.39, 0.29) is 35.0 Å². The molecule has 3 aliphatic carbocycles. The summed E-state index contributed by atoms with van der Waals surface area (Å²) in [4.78, 5) is 29.9. The number of nitrogens with one attached hydrogen (secondary N) is 1. The number of hydrogen-bond donors (Lipinski definition) is 1. The molecular formula is C38H46ClN3O6S. The molecular weight excluding hydrogens is 662 g/mol. The third-order valence-electron chi connectivity index (χ3n) is 12.1. The van der Waals surface area contributed by atoms with Crippen LogP contribution in [0.2, 0.25) is 5.02 Å². The van der Waals surface area contributed by atoms with Gasteiger partial charge in [-0.2, -0.15) is 0 Å². The maximum Gasteiger partial charge on any atom is 0.286 e. The zero-order valence-corrected chi connectivity index (χ0v) is 29.9. The lowest BCUT2D eigenvalue weighted by Gasteiger charge is -2.46. The van der Waals surface area contributed by atoms with E-state index in [2.05, 4.69) is 38.3 Å². The molecule has 1 saturated heterocycles. The van der Waals surface area contributed by atoms with Crippen molar-refractivity contribution in [2.24, 2.45) is 33.4 Å². The van der Waals surface area contributed by atoms with Gasteiger partial charge in [0.05, 0.1) is 42.8 Å². The number of hydrogen-bond acceptors (Lipinski definition) is 7. The Morgan fingerprint density at radius 2 is 2.06 bits per heavy atom. The van der Waals surface area contributed by atoms with Crippen LogP contribution in [-0.4, -0.2) is 67.9 Å². The lowest BCUT2D eigenvalue weighted by molar-refractivity contribution is -0.125. The fourth-order valence-electron chi connectivity index (χ4n) is 9.12. The van der Waals surface area contributed by atoms with Crippen LogP contribution in [0.5, 0.6) is 5.75 Å². The fourth-order valence-corrected chi connectivity index (χ4v) is 11.3. The fraction of sp³-hybridized carbons (Fsp3) is 0.579. The van der Waals surface area contributed by atoms with Crippen LogP contribution in [0.4, 0.5) is 5.69 Å². The zero-order valence-electron chi connectivity index (χ0n) is 28.3. The molecule has 2 aromatic carbocycles. The standard InChI is InChI=1S/C38H46ClN3O6S/c1-24-5-3-7-33(46-2)30-11-8-27(30)18-42-21-37(14-4-6-25-15-29(39)10-12-31(25)37)22-48-34-13-9-26(16-32(34)42)35(43)40-49(45,20-24)41-36(44)38-17-28(38)19-47-23-38/h3,7,9-10,12-13,15-16,24,27-28,30,33H,4-6,8,11,14,17-23H2,1-2H3,(H,40,41,43,44,45)/b7-3-/t24-,27-,28?,30+,33-,37-,38+,49?/m0/s1. The lowest BCUT2D eigenvalue weighted by Crippen LogP contribution is -2.49. The first-order chi connectivity index (χ1) is 23.6. The molecule has 3 heterocycles. The molecule has 0 radical (unpaired) electrons. The van der Waals surface area contributed by atoms with Crippen LogP contribution in [0.1, 0.15) is 66.9 Å². The van der Waals surface area contributed by atoms with Crippen LogP contribution < -0.4 is 14.4 Å². The quantitative estimate of drug-likeness (QED) is 0.383. The van der Waals surface area contributed by atoms with Gasteiger partial charge in [-0.1, -0.05) is 36.7 Å². The van der Waals surface area contributed by atoms with E-state index >= 15 is 0 Å². The number of aryl methyl sites for hydroxylation is 1. The van der Waals surface area contributed by atoms with Gasteiger partial charge in [-0.05, 0) is 104 Å². The first-order valence-corrected chi connectivity index (χ1v) is 19.9. The largest absolute Gasteiger partial charge is 0.490 e. The maximum absolute atomic E-state index is 14.5. The Morgan fingerprint density at radius 1 is 1.18 bits per heavy atom. The van der Waals surface area contributed by atoms with Crippen LogP contribution in [-0.2, 0) is 36.0 Å². The number of nitrogens with zero attached hydrogens (tertiary/aromatic N) is 2. The van der Waals surface area contributed by atoms with Crippen LogP contribution in [0.25, 0.3) is 0 Å². The molecule has 2 unspecified atom stereocenters. The molecule has 9 nitrogen and oxygen atoms in total. The van der Waals surface area contributed by atoms with Crippen molar-refractivity contribution < 1.29 is 28.0 Å². The highest BCUT2D eigenvalue weighted by Crippen LogP contribution is 2.57. The number of amides is 2. The highest BCUT2D eigenvalue weighted by Gasteiger charge is 2.64. The Balaban J connectivity index is 1.19. The molecule has 11 heteroatoms. The molecule has 2 aromatic rings. The third-order valence-corrected chi connectivity index (χ3v) is 14.4. The average molecular weight is 708 g/mol. The summed E-state index contributed by atoms with van der Waals surface area (Å²) in [7, 11) is -1.67. The van der Waals surface area contributed by atoms with E-state index in [1.54, 1.807) is 13.2 Å². The second kappa shape index (κ2) is 12.7. The average Bonchev–Trinajstić information content (AvgIpc) is 3.67. The van der Waals surface area contributed by atoms with E-state index in [1.165, 1.54) is 11.1 Å². The molecule has 3 aliphatic heterocycles. The van der Waals surface area contributed by atoms with Gasteiger partial charge >= 0.3 is 0 Å². The topological polar surface area (TPSA) is 107 Å². The van der Waals surface area contributed by atoms with Gasteiger partial charge in [0.25, 0.3) is 5.91 Å². The Kier molecular flexibility index (Phi) is 8.61. The van der Waals surface area contributed by atoms with Crippen molar-refractivity contribution in [3.63, 3.8) is 0 Å². The zero-order chi connectivity index (χ0) is 34.0. The van der Waals surface area contributed by atoms with Gasteiger partial charge < -0.3 is 19.1 Å². The predicted molar refractivity (Wildman–Crippen MR) is 189 cm³/mol. The van der Waals surface area contributed by atoms with E-state index in [0.29, 0.717) is 50.1 Å². The summed E-state index contributed by atoms with van der Waals surface area (Å²) >= 11 is 6.45. The van der Waals surface area contributed by atoms with Crippen molar-refractivity contribution in [2.75, 3.05) is 50.7 Å². The van der Waals surface area contributed by atoms with Crippen molar-refractivity contribution in [3.8, 4) is 5.75 Å². The van der Waals surface area contributed by atoms with Gasteiger partial charge in [0.15, 0.2) is 0 Å². The summed E-state index contributed by atoms with van der Waals surface area (Å²) in [6.07, 6.45) is 10.7. The van der Waals surface area contributed by atoms with Crippen LogP contribution in [0.15, 0.2) is 52.9 Å². The van der Waals surface area contributed by atoms with Gasteiger partial charge in [-0.3, -0.25) is 14.3 Å². The number of methoxy groups -OCH3 is 1. The summed E-state index contributed by atoms with van der Waals surface area (Å²) < 4.78 is 39.9. The number of carbonyl (C=O) groups excluding carboxylic acids is 2. The van der Waals surface area contributed by atoms with Crippen LogP contribution in [0.3, 0.4) is 0 Å². The third kappa shape index (κ3) is 6.10. The number of allylic oxidation sites excluding steroid dienone is 1. The Labute approximate surface area is 294 Å². The maximum atomic E-state index is 14.5. The normalized spacial score (nSPS) is 37.3. The van der Waals surface area contributed by atoms with E-state index < -0.39 is 21.2 Å². The summed E-state index contributed by atoms with van der Waals surface area (Å²) in [6.45, 7) is 4.87. The molecule has 49 heavy (non-hydrogen) atoms. The number of halogens is 1.